The highest BCUT2D eigenvalue weighted by molar-refractivity contribution is 5.94. The van der Waals surface area contributed by atoms with Gasteiger partial charge in [-0.1, -0.05) is 0 Å². The van der Waals surface area contributed by atoms with Gasteiger partial charge in [0.15, 0.2) is 0 Å². The van der Waals surface area contributed by atoms with Crippen LogP contribution in [0.4, 0.5) is 17.6 Å². The van der Waals surface area contributed by atoms with Gasteiger partial charge in [0.25, 0.3) is 5.91 Å². The Morgan fingerprint density at radius 2 is 1.73 bits per heavy atom. The van der Waals surface area contributed by atoms with E-state index in [1.165, 1.54) is 0 Å². The highest BCUT2D eigenvalue weighted by Gasteiger charge is 2.41. The van der Waals surface area contributed by atoms with Crippen LogP contribution in [0.3, 0.4) is 0 Å². The Morgan fingerprint density at radius 1 is 1.14 bits per heavy atom. The number of halogens is 4. The summed E-state index contributed by atoms with van der Waals surface area (Å²) < 4.78 is 51.5. The average molecular weight is 316 g/mol. The summed E-state index contributed by atoms with van der Waals surface area (Å²) in [6.07, 6.45) is -4.80. The maximum Gasteiger partial charge on any atom is 0.419 e. The topological polar surface area (TPSA) is 23.6 Å². The highest BCUT2D eigenvalue weighted by atomic mass is 19.4. The van der Waals surface area contributed by atoms with Crippen LogP contribution in [0.15, 0.2) is 18.2 Å². The van der Waals surface area contributed by atoms with Crippen molar-refractivity contribution in [2.45, 2.75) is 6.18 Å². The SMILES string of the molecule is CN1CC2CN(C(=O)c3ccc(F)c(C(F)(F)F)c3)CC2C1. The molecule has 1 aromatic carbocycles. The van der Waals surface area contributed by atoms with E-state index >= 15 is 0 Å². The molecule has 0 spiro atoms. The fraction of sp³-hybridized carbons (Fsp3) is 0.533. The lowest BCUT2D eigenvalue weighted by Crippen LogP contribution is -2.32. The molecule has 2 saturated heterocycles. The van der Waals surface area contributed by atoms with E-state index < -0.39 is 23.5 Å². The minimum atomic E-state index is -4.80. The minimum absolute atomic E-state index is 0.109. The van der Waals surface area contributed by atoms with Gasteiger partial charge in [0.05, 0.1) is 5.56 Å². The van der Waals surface area contributed by atoms with Gasteiger partial charge in [-0.25, -0.2) is 4.39 Å². The highest BCUT2D eigenvalue weighted by Crippen LogP contribution is 2.34. The first kappa shape index (κ1) is 15.3. The average Bonchev–Trinajstić information content (AvgIpc) is 2.94. The van der Waals surface area contributed by atoms with Crippen molar-refractivity contribution in [2.24, 2.45) is 11.8 Å². The molecule has 22 heavy (non-hydrogen) atoms. The maximum absolute atomic E-state index is 13.3. The number of hydrogen-bond donors (Lipinski definition) is 0. The lowest BCUT2D eigenvalue weighted by Gasteiger charge is -2.20. The molecule has 3 nitrogen and oxygen atoms in total. The fourth-order valence-electron chi connectivity index (χ4n) is 3.45. The van der Waals surface area contributed by atoms with Crippen molar-refractivity contribution in [1.29, 1.82) is 0 Å². The third kappa shape index (κ3) is 2.69. The summed E-state index contributed by atoms with van der Waals surface area (Å²) in [7, 11) is 2.01. The van der Waals surface area contributed by atoms with Crippen LogP contribution in [0.2, 0.25) is 0 Å². The van der Waals surface area contributed by atoms with E-state index in [-0.39, 0.29) is 5.56 Å². The zero-order valence-electron chi connectivity index (χ0n) is 12.0. The maximum atomic E-state index is 13.3. The Morgan fingerprint density at radius 3 is 2.27 bits per heavy atom. The van der Waals surface area contributed by atoms with Crippen LogP contribution in [-0.2, 0) is 6.18 Å². The molecule has 3 rings (SSSR count). The molecule has 120 valence electrons. The summed E-state index contributed by atoms with van der Waals surface area (Å²) in [6.45, 7) is 2.89. The number of likely N-dealkylation sites (tertiary alicyclic amines) is 2. The van der Waals surface area contributed by atoms with Gasteiger partial charge in [0.1, 0.15) is 5.82 Å². The van der Waals surface area contributed by atoms with Crippen molar-refractivity contribution in [3.05, 3.63) is 35.1 Å². The lowest BCUT2D eigenvalue weighted by molar-refractivity contribution is -0.140. The molecule has 2 heterocycles. The van der Waals surface area contributed by atoms with E-state index in [4.69, 9.17) is 0 Å². The van der Waals surface area contributed by atoms with Gasteiger partial charge in [-0.2, -0.15) is 13.2 Å². The summed E-state index contributed by atoms with van der Waals surface area (Å²) in [6, 6.07) is 2.44. The summed E-state index contributed by atoms with van der Waals surface area (Å²) in [4.78, 5) is 16.1. The fourth-order valence-corrected chi connectivity index (χ4v) is 3.45. The molecule has 0 aliphatic carbocycles. The molecular weight excluding hydrogens is 300 g/mol. The molecule has 2 fully saturated rings. The van der Waals surface area contributed by atoms with Crippen molar-refractivity contribution in [3.8, 4) is 0 Å². The molecule has 7 heteroatoms. The van der Waals surface area contributed by atoms with Crippen LogP contribution in [0, 0.1) is 17.7 Å². The predicted molar refractivity (Wildman–Crippen MR) is 71.8 cm³/mol. The molecule has 0 aromatic heterocycles. The number of nitrogens with zero attached hydrogens (tertiary/aromatic N) is 2. The third-order valence-corrected chi connectivity index (χ3v) is 4.47. The first-order valence-corrected chi connectivity index (χ1v) is 7.10. The monoisotopic (exact) mass is 316 g/mol. The van der Waals surface area contributed by atoms with Crippen molar-refractivity contribution in [2.75, 3.05) is 33.2 Å². The van der Waals surface area contributed by atoms with E-state index in [9.17, 15) is 22.4 Å². The van der Waals surface area contributed by atoms with Crippen LogP contribution in [-0.4, -0.2) is 48.9 Å². The second kappa shape index (κ2) is 5.22. The van der Waals surface area contributed by atoms with Crippen LogP contribution in [0.1, 0.15) is 15.9 Å². The Labute approximate surface area is 125 Å². The van der Waals surface area contributed by atoms with Crippen LogP contribution in [0.25, 0.3) is 0 Å². The molecular formula is C15H16F4N2O. The van der Waals surface area contributed by atoms with Crippen molar-refractivity contribution in [3.63, 3.8) is 0 Å². The summed E-state index contributed by atoms with van der Waals surface area (Å²) in [5, 5.41) is 0. The van der Waals surface area contributed by atoms with Crippen LogP contribution >= 0.6 is 0 Å². The number of fused-ring (bicyclic) bond motifs is 1. The second-order valence-corrected chi connectivity index (χ2v) is 6.14. The second-order valence-electron chi connectivity index (χ2n) is 6.14. The van der Waals surface area contributed by atoms with Crippen molar-refractivity contribution in [1.82, 2.24) is 9.80 Å². The van der Waals surface area contributed by atoms with Crippen LogP contribution < -0.4 is 0 Å². The minimum Gasteiger partial charge on any atom is -0.338 e. The van der Waals surface area contributed by atoms with Gasteiger partial charge in [-0.05, 0) is 37.1 Å². The van der Waals surface area contributed by atoms with Crippen molar-refractivity contribution < 1.29 is 22.4 Å². The number of rotatable bonds is 1. The standard InChI is InChI=1S/C15H16F4N2O/c1-20-5-10-7-21(8-11(10)6-20)14(22)9-2-3-13(16)12(4-9)15(17,18)19/h2-4,10-11H,5-8H2,1H3. The third-order valence-electron chi connectivity index (χ3n) is 4.47. The van der Waals surface area contributed by atoms with Gasteiger partial charge in [0, 0.05) is 31.7 Å². The Hall–Kier alpha value is -1.63. The number of carbonyl (C=O) groups excluding carboxylic acids is 1. The molecule has 0 saturated carbocycles. The number of carbonyl (C=O) groups is 1. The van der Waals surface area contributed by atoms with E-state index in [1.54, 1.807) is 4.90 Å². The normalized spacial score (nSPS) is 25.6. The molecule has 0 N–H and O–H groups in total. The zero-order valence-corrected chi connectivity index (χ0v) is 12.0. The molecule has 2 aliphatic rings. The number of hydrogen-bond acceptors (Lipinski definition) is 2. The predicted octanol–water partition coefficient (Wildman–Crippen LogP) is 2.48. The Kier molecular flexibility index (Phi) is 3.63. The van der Waals surface area contributed by atoms with E-state index in [2.05, 4.69) is 4.90 Å². The molecule has 2 unspecified atom stereocenters. The van der Waals surface area contributed by atoms with E-state index in [1.807, 2.05) is 7.05 Å². The lowest BCUT2D eigenvalue weighted by atomic mass is 10.0. The first-order valence-electron chi connectivity index (χ1n) is 7.10. The first-order chi connectivity index (χ1) is 10.3. The number of amides is 1. The van der Waals surface area contributed by atoms with Gasteiger partial charge in [-0.15, -0.1) is 0 Å². The van der Waals surface area contributed by atoms with Gasteiger partial charge in [-0.3, -0.25) is 4.79 Å². The summed E-state index contributed by atoms with van der Waals surface area (Å²) in [5.74, 6) is -1.07. The number of alkyl halides is 3. The number of benzene rings is 1. The zero-order chi connectivity index (χ0) is 16.1. The Balaban J connectivity index is 1.79. The van der Waals surface area contributed by atoms with E-state index in [0.29, 0.717) is 37.1 Å². The van der Waals surface area contributed by atoms with Crippen LogP contribution in [0.5, 0.6) is 0 Å². The molecule has 0 radical (unpaired) electrons. The summed E-state index contributed by atoms with van der Waals surface area (Å²) in [5.41, 5.74) is -1.50. The smallest absolute Gasteiger partial charge is 0.338 e. The van der Waals surface area contributed by atoms with Gasteiger partial charge in [0.2, 0.25) is 0 Å². The molecule has 2 atom stereocenters. The quantitative estimate of drug-likeness (QED) is 0.743. The Bertz CT molecular complexity index is 588. The van der Waals surface area contributed by atoms with Gasteiger partial charge < -0.3 is 9.80 Å². The van der Waals surface area contributed by atoms with E-state index in [0.717, 1.165) is 19.2 Å². The molecule has 1 aromatic rings. The van der Waals surface area contributed by atoms with Crippen molar-refractivity contribution >= 4 is 5.91 Å². The largest absolute Gasteiger partial charge is 0.419 e. The molecule has 2 aliphatic heterocycles. The molecule has 1 amide bonds. The molecule has 0 bridgehead atoms. The summed E-state index contributed by atoms with van der Waals surface area (Å²) >= 11 is 0. The van der Waals surface area contributed by atoms with Gasteiger partial charge >= 0.3 is 6.18 Å².